The predicted octanol–water partition coefficient (Wildman–Crippen LogP) is 6.59. The molecule has 0 aliphatic carbocycles. The zero-order valence-electron chi connectivity index (χ0n) is 15.4. The maximum atomic E-state index is 4.73. The molecule has 0 atom stereocenters. The van der Waals surface area contributed by atoms with Crippen molar-refractivity contribution in [2.24, 2.45) is 5.10 Å². The van der Waals surface area contributed by atoms with Crippen LogP contribution < -0.4 is 5.43 Å². The van der Waals surface area contributed by atoms with E-state index in [0.717, 1.165) is 43.0 Å². The van der Waals surface area contributed by atoms with Crippen LogP contribution in [0.5, 0.6) is 0 Å². The molecule has 2 aromatic heterocycles. The Morgan fingerprint density at radius 2 is 1.72 bits per heavy atom. The lowest BCUT2D eigenvalue weighted by Crippen LogP contribution is -1.95. The fourth-order valence-corrected chi connectivity index (χ4v) is 3.84. The first-order valence-electron chi connectivity index (χ1n) is 9.29. The van der Waals surface area contributed by atoms with E-state index in [1.807, 2.05) is 60.9 Å². The van der Waals surface area contributed by atoms with Gasteiger partial charge in [0, 0.05) is 32.5 Å². The van der Waals surface area contributed by atoms with Gasteiger partial charge in [-0.25, -0.2) is 4.98 Å². The van der Waals surface area contributed by atoms with Crippen molar-refractivity contribution < 1.29 is 0 Å². The number of anilines is 1. The van der Waals surface area contributed by atoms with Crippen LogP contribution in [-0.4, -0.2) is 16.2 Å². The molecule has 0 aliphatic heterocycles. The second kappa shape index (κ2) is 7.53. The van der Waals surface area contributed by atoms with Crippen molar-refractivity contribution in [3.8, 4) is 11.1 Å². The molecule has 0 aliphatic rings. The number of rotatable bonds is 4. The van der Waals surface area contributed by atoms with Crippen LogP contribution in [0, 0.1) is 0 Å². The highest BCUT2D eigenvalue weighted by molar-refractivity contribution is 9.10. The summed E-state index contributed by atoms with van der Waals surface area (Å²) in [5, 5.41) is 6.66. The molecule has 0 saturated heterocycles. The van der Waals surface area contributed by atoms with Gasteiger partial charge in [0.2, 0.25) is 0 Å². The van der Waals surface area contributed by atoms with Crippen LogP contribution in [-0.2, 0) is 0 Å². The number of aromatic amines is 1. The molecule has 29 heavy (non-hydrogen) atoms. The van der Waals surface area contributed by atoms with E-state index in [1.54, 1.807) is 0 Å². The zero-order valence-corrected chi connectivity index (χ0v) is 17.0. The number of aromatic nitrogens is 2. The third kappa shape index (κ3) is 3.52. The quantitative estimate of drug-likeness (QED) is 0.244. The largest absolute Gasteiger partial charge is 0.361 e. The summed E-state index contributed by atoms with van der Waals surface area (Å²) in [5.41, 5.74) is 8.39. The highest BCUT2D eigenvalue weighted by Crippen LogP contribution is 2.32. The fourth-order valence-electron chi connectivity index (χ4n) is 3.48. The van der Waals surface area contributed by atoms with Crippen molar-refractivity contribution in [2.45, 2.75) is 0 Å². The Balaban J connectivity index is 1.53. The smallest absolute Gasteiger partial charge is 0.147 e. The van der Waals surface area contributed by atoms with E-state index in [-0.39, 0.29) is 0 Å². The normalized spacial score (nSPS) is 11.5. The average molecular weight is 441 g/mol. The van der Waals surface area contributed by atoms with Crippen LogP contribution in [0.15, 0.2) is 94.6 Å². The highest BCUT2D eigenvalue weighted by Gasteiger charge is 2.08. The Morgan fingerprint density at radius 3 is 2.62 bits per heavy atom. The maximum absolute atomic E-state index is 4.73. The second-order valence-corrected chi connectivity index (χ2v) is 7.66. The van der Waals surface area contributed by atoms with Crippen molar-refractivity contribution in [3.63, 3.8) is 0 Å². The molecule has 0 unspecified atom stereocenters. The van der Waals surface area contributed by atoms with Crippen molar-refractivity contribution in [1.29, 1.82) is 0 Å². The summed E-state index contributed by atoms with van der Waals surface area (Å²) in [6, 6.07) is 26.6. The highest BCUT2D eigenvalue weighted by atomic mass is 79.9. The fraction of sp³-hybridized carbons (Fsp3) is 0. The zero-order chi connectivity index (χ0) is 19.6. The molecular weight excluding hydrogens is 424 g/mol. The van der Waals surface area contributed by atoms with Crippen LogP contribution in [0.3, 0.4) is 0 Å². The third-order valence-corrected chi connectivity index (χ3v) is 5.35. The summed E-state index contributed by atoms with van der Waals surface area (Å²) in [6.45, 7) is 0. The Hall–Kier alpha value is -3.44. The number of pyridine rings is 1. The minimum absolute atomic E-state index is 0.703. The summed E-state index contributed by atoms with van der Waals surface area (Å²) < 4.78 is 1.03. The van der Waals surface area contributed by atoms with Crippen LogP contribution in [0.25, 0.3) is 32.9 Å². The summed E-state index contributed by atoms with van der Waals surface area (Å²) in [4.78, 5) is 7.99. The Labute approximate surface area is 176 Å². The molecule has 0 radical (unpaired) electrons. The minimum atomic E-state index is 0.703. The van der Waals surface area contributed by atoms with Gasteiger partial charge in [-0.3, -0.25) is 5.43 Å². The number of hydrazone groups is 1. The first kappa shape index (κ1) is 17.6. The molecule has 2 N–H and O–H groups in total. The third-order valence-electron chi connectivity index (χ3n) is 4.86. The van der Waals surface area contributed by atoms with Crippen LogP contribution in [0.1, 0.15) is 5.56 Å². The molecule has 4 nitrogen and oxygen atoms in total. The molecule has 5 rings (SSSR count). The summed E-state index contributed by atoms with van der Waals surface area (Å²) in [5.74, 6) is 0.703. The SMILES string of the molecule is Brc1ccc2nc(N/N=C\c3c[nH]c4ccccc34)cc(-c3ccccc3)c2c1. The van der Waals surface area contributed by atoms with Gasteiger partial charge < -0.3 is 4.98 Å². The van der Waals surface area contributed by atoms with Crippen molar-refractivity contribution in [3.05, 3.63) is 95.1 Å². The minimum Gasteiger partial charge on any atom is -0.361 e. The van der Waals surface area contributed by atoms with Crippen molar-refractivity contribution in [1.82, 2.24) is 9.97 Å². The van der Waals surface area contributed by atoms with Crippen molar-refractivity contribution in [2.75, 3.05) is 5.43 Å². The number of H-pyrrole nitrogens is 1. The van der Waals surface area contributed by atoms with Crippen LogP contribution in [0.4, 0.5) is 5.82 Å². The topological polar surface area (TPSA) is 53.1 Å². The molecule has 0 bridgehead atoms. The lowest BCUT2D eigenvalue weighted by atomic mass is 10.0. The number of benzene rings is 3. The number of nitrogens with zero attached hydrogens (tertiary/aromatic N) is 2. The van der Waals surface area contributed by atoms with Gasteiger partial charge in [0.25, 0.3) is 0 Å². The number of fused-ring (bicyclic) bond motifs is 2. The molecular formula is C24H17BrN4. The van der Waals surface area contributed by atoms with E-state index >= 15 is 0 Å². The van der Waals surface area contributed by atoms with Gasteiger partial charge in [0.1, 0.15) is 5.82 Å². The van der Waals surface area contributed by atoms with Gasteiger partial charge in [-0.2, -0.15) is 5.10 Å². The van der Waals surface area contributed by atoms with E-state index in [2.05, 4.69) is 61.8 Å². The molecule has 0 saturated carbocycles. The Kier molecular flexibility index (Phi) is 4.58. The van der Waals surface area contributed by atoms with Crippen molar-refractivity contribution >= 4 is 49.8 Å². The van der Waals surface area contributed by atoms with Gasteiger partial charge >= 0.3 is 0 Å². The van der Waals surface area contributed by atoms with Gasteiger partial charge in [0.05, 0.1) is 11.7 Å². The van der Waals surface area contributed by atoms with Gasteiger partial charge in [-0.05, 0) is 41.5 Å². The number of para-hydroxylation sites is 1. The van der Waals surface area contributed by atoms with Gasteiger partial charge in [-0.15, -0.1) is 0 Å². The number of hydrogen-bond acceptors (Lipinski definition) is 3. The molecule has 5 aromatic rings. The average Bonchev–Trinajstić information content (AvgIpc) is 3.17. The molecule has 140 valence electrons. The number of halogens is 1. The van der Waals surface area contributed by atoms with E-state index in [1.165, 1.54) is 0 Å². The molecule has 0 amide bonds. The lowest BCUT2D eigenvalue weighted by Gasteiger charge is -2.10. The van der Waals surface area contributed by atoms with E-state index < -0.39 is 0 Å². The first-order valence-corrected chi connectivity index (χ1v) is 10.1. The number of hydrogen-bond donors (Lipinski definition) is 2. The maximum Gasteiger partial charge on any atom is 0.147 e. The monoisotopic (exact) mass is 440 g/mol. The Morgan fingerprint density at radius 1 is 0.897 bits per heavy atom. The van der Waals surface area contributed by atoms with Crippen LogP contribution >= 0.6 is 15.9 Å². The molecule has 0 fully saturated rings. The molecule has 0 spiro atoms. The second-order valence-electron chi connectivity index (χ2n) is 6.74. The van der Waals surface area contributed by atoms with Crippen LogP contribution in [0.2, 0.25) is 0 Å². The first-order chi connectivity index (χ1) is 14.3. The summed E-state index contributed by atoms with van der Waals surface area (Å²) in [7, 11) is 0. The summed E-state index contributed by atoms with van der Waals surface area (Å²) in [6.07, 6.45) is 3.77. The summed E-state index contributed by atoms with van der Waals surface area (Å²) >= 11 is 3.57. The lowest BCUT2D eigenvalue weighted by molar-refractivity contribution is 1.26. The van der Waals surface area contributed by atoms with Gasteiger partial charge in [0.15, 0.2) is 0 Å². The predicted molar refractivity (Wildman–Crippen MR) is 124 cm³/mol. The Bertz CT molecular complexity index is 1340. The standard InChI is InChI=1S/C24H17BrN4/c25-18-10-11-23-21(12-18)20(16-6-2-1-3-7-16)13-24(28-23)29-27-15-17-14-26-22-9-5-4-8-19(17)22/h1-15,26H,(H,28,29)/b27-15-. The van der Waals surface area contributed by atoms with E-state index in [4.69, 9.17) is 4.98 Å². The number of nitrogens with one attached hydrogen (secondary N) is 2. The van der Waals surface area contributed by atoms with Gasteiger partial charge in [-0.1, -0.05) is 64.5 Å². The molecule has 2 heterocycles. The molecule has 3 aromatic carbocycles. The van der Waals surface area contributed by atoms with E-state index in [0.29, 0.717) is 5.82 Å². The van der Waals surface area contributed by atoms with E-state index in [9.17, 15) is 0 Å². The molecule has 5 heteroatoms.